The Balaban J connectivity index is 2.51. The van der Waals surface area contributed by atoms with E-state index < -0.39 is 30.5 Å². The van der Waals surface area contributed by atoms with Crippen LogP contribution in [0.1, 0.15) is 5.56 Å². The highest BCUT2D eigenvalue weighted by Gasteiger charge is 2.37. The number of hydrogen-bond donors (Lipinski definition) is 2. The van der Waals surface area contributed by atoms with Crippen LogP contribution in [0.25, 0.3) is 6.08 Å². The summed E-state index contributed by atoms with van der Waals surface area (Å²) in [6.45, 7) is -0.954. The fraction of sp³-hybridized carbons (Fsp3) is 0.250. The number of aliphatic hydroxyl groups is 1. The number of nitrogens with one attached hydrogen (secondary N) is 1. The van der Waals surface area contributed by atoms with Crippen molar-refractivity contribution in [3.63, 3.8) is 0 Å². The summed E-state index contributed by atoms with van der Waals surface area (Å²) in [5, 5.41) is 10.5. The van der Waals surface area contributed by atoms with Crippen molar-refractivity contribution in [1.29, 1.82) is 0 Å². The van der Waals surface area contributed by atoms with Crippen LogP contribution in [0.4, 0.5) is 17.6 Å². The number of alkyl halides is 3. The molecule has 7 heteroatoms. The predicted octanol–water partition coefficient (Wildman–Crippen LogP) is 1.88. The largest absolute Gasteiger partial charge is 0.416 e. The third kappa shape index (κ3) is 5.09. The quantitative estimate of drug-likeness (QED) is 0.652. The first-order chi connectivity index (χ1) is 8.80. The predicted molar refractivity (Wildman–Crippen MR) is 60.5 cm³/mol. The Kier molecular flexibility index (Phi) is 5.05. The van der Waals surface area contributed by atoms with E-state index in [9.17, 15) is 22.4 Å². The molecule has 3 nitrogen and oxygen atoms in total. The molecule has 1 amide bonds. The third-order valence-electron chi connectivity index (χ3n) is 2.17. The molecule has 1 aromatic rings. The van der Waals surface area contributed by atoms with Crippen LogP contribution in [0.5, 0.6) is 0 Å². The fourth-order valence-electron chi connectivity index (χ4n) is 1.15. The van der Waals surface area contributed by atoms with Gasteiger partial charge in [0, 0.05) is 11.6 Å². The van der Waals surface area contributed by atoms with Gasteiger partial charge in [-0.1, -0.05) is 18.2 Å². The molecule has 0 radical (unpaired) electrons. The van der Waals surface area contributed by atoms with Gasteiger partial charge in [-0.3, -0.25) is 4.79 Å². The first kappa shape index (κ1) is 15.2. The van der Waals surface area contributed by atoms with Gasteiger partial charge in [-0.2, -0.15) is 13.2 Å². The Hall–Kier alpha value is -1.89. The van der Waals surface area contributed by atoms with Gasteiger partial charge in [0.1, 0.15) is 5.82 Å². The number of hydrogen-bond acceptors (Lipinski definition) is 2. The number of carbonyl (C=O) groups excluding carboxylic acids is 1. The van der Waals surface area contributed by atoms with Crippen LogP contribution in [-0.4, -0.2) is 29.8 Å². The lowest BCUT2D eigenvalue weighted by atomic mass is 10.2. The lowest BCUT2D eigenvalue weighted by Gasteiger charge is -2.14. The fourth-order valence-corrected chi connectivity index (χ4v) is 1.15. The molecule has 0 aliphatic rings. The summed E-state index contributed by atoms with van der Waals surface area (Å²) in [5.41, 5.74) is 0.133. The van der Waals surface area contributed by atoms with Gasteiger partial charge in [-0.05, 0) is 12.1 Å². The lowest BCUT2D eigenvalue weighted by molar-refractivity contribution is -0.201. The van der Waals surface area contributed by atoms with Crippen molar-refractivity contribution >= 4 is 12.0 Å². The number of rotatable bonds is 4. The van der Waals surface area contributed by atoms with E-state index in [1.807, 2.05) is 5.32 Å². The van der Waals surface area contributed by atoms with Gasteiger partial charge in [-0.15, -0.1) is 0 Å². The minimum atomic E-state index is -4.79. The molecular formula is C12H11F4NO2. The summed E-state index contributed by atoms with van der Waals surface area (Å²) in [6.07, 6.45) is -5.40. The molecule has 19 heavy (non-hydrogen) atoms. The van der Waals surface area contributed by atoms with E-state index in [4.69, 9.17) is 5.11 Å². The summed E-state index contributed by atoms with van der Waals surface area (Å²) in [5.74, 6) is -1.41. The van der Waals surface area contributed by atoms with Crippen LogP contribution in [0.3, 0.4) is 0 Å². The molecule has 0 bridgehead atoms. The third-order valence-corrected chi connectivity index (χ3v) is 2.17. The van der Waals surface area contributed by atoms with Crippen molar-refractivity contribution in [1.82, 2.24) is 5.32 Å². The SMILES string of the molecule is O=C(/C=C/c1ccccc1F)NCC(O)C(F)(F)F. The van der Waals surface area contributed by atoms with Crippen LogP contribution >= 0.6 is 0 Å². The van der Waals surface area contributed by atoms with Crippen molar-refractivity contribution in [2.45, 2.75) is 12.3 Å². The molecule has 104 valence electrons. The topological polar surface area (TPSA) is 49.3 Å². The first-order valence-electron chi connectivity index (χ1n) is 5.26. The maximum atomic E-state index is 13.1. The maximum Gasteiger partial charge on any atom is 0.416 e. The summed E-state index contributed by atoms with van der Waals surface area (Å²) in [6, 6.07) is 5.61. The molecule has 1 atom stereocenters. The van der Waals surface area contributed by atoms with Gasteiger partial charge < -0.3 is 10.4 Å². The average Bonchev–Trinajstić information content (AvgIpc) is 2.33. The number of amides is 1. The summed E-state index contributed by atoms with van der Waals surface area (Å²) >= 11 is 0. The van der Waals surface area contributed by atoms with E-state index >= 15 is 0 Å². The van der Waals surface area contributed by atoms with Crippen LogP contribution in [-0.2, 0) is 4.79 Å². The van der Waals surface area contributed by atoms with Crippen LogP contribution in [0.2, 0.25) is 0 Å². The van der Waals surface area contributed by atoms with Crippen LogP contribution in [0, 0.1) is 5.82 Å². The van der Waals surface area contributed by atoms with Crippen molar-refractivity contribution in [3.05, 3.63) is 41.7 Å². The highest BCUT2D eigenvalue weighted by Crippen LogP contribution is 2.19. The standard InChI is InChI=1S/C12H11F4NO2/c13-9-4-2-1-3-8(9)5-6-11(19)17-7-10(18)12(14,15)16/h1-6,10,18H,7H2,(H,17,19)/b6-5+. The molecule has 1 unspecified atom stereocenters. The van der Waals surface area contributed by atoms with Crippen molar-refractivity contribution in [3.8, 4) is 0 Å². The van der Waals surface area contributed by atoms with E-state index in [0.717, 1.165) is 12.2 Å². The Morgan fingerprint density at radius 3 is 2.58 bits per heavy atom. The number of halogens is 4. The zero-order valence-electron chi connectivity index (χ0n) is 9.62. The van der Waals surface area contributed by atoms with Crippen molar-refractivity contribution in [2.24, 2.45) is 0 Å². The van der Waals surface area contributed by atoms with E-state index in [1.54, 1.807) is 6.07 Å². The zero-order chi connectivity index (χ0) is 14.5. The minimum absolute atomic E-state index is 0.133. The Morgan fingerprint density at radius 1 is 1.37 bits per heavy atom. The summed E-state index contributed by atoms with van der Waals surface area (Å²) in [4.78, 5) is 11.2. The number of carbonyl (C=O) groups is 1. The first-order valence-corrected chi connectivity index (χ1v) is 5.26. The van der Waals surface area contributed by atoms with Gasteiger partial charge in [0.2, 0.25) is 5.91 Å². The molecule has 2 N–H and O–H groups in total. The monoisotopic (exact) mass is 277 g/mol. The molecule has 0 aliphatic heterocycles. The van der Waals surface area contributed by atoms with Crippen molar-refractivity contribution < 1.29 is 27.5 Å². The molecule has 1 rings (SSSR count). The molecule has 0 heterocycles. The lowest BCUT2D eigenvalue weighted by Crippen LogP contribution is -2.40. The molecule has 0 spiro atoms. The molecule has 1 aromatic carbocycles. The highest BCUT2D eigenvalue weighted by atomic mass is 19.4. The van der Waals surface area contributed by atoms with E-state index in [2.05, 4.69) is 0 Å². The second-order valence-corrected chi connectivity index (χ2v) is 3.66. The maximum absolute atomic E-state index is 13.1. The van der Waals surface area contributed by atoms with Gasteiger partial charge >= 0.3 is 6.18 Å². The Labute approximate surface area is 106 Å². The average molecular weight is 277 g/mol. The molecule has 0 fully saturated rings. The highest BCUT2D eigenvalue weighted by molar-refractivity contribution is 5.91. The molecule has 0 aromatic heterocycles. The van der Waals surface area contributed by atoms with Gasteiger partial charge in [0.15, 0.2) is 6.10 Å². The molecule has 0 aliphatic carbocycles. The number of aliphatic hydroxyl groups excluding tert-OH is 1. The van der Waals surface area contributed by atoms with E-state index in [-0.39, 0.29) is 5.56 Å². The molecular weight excluding hydrogens is 266 g/mol. The summed E-state index contributed by atoms with van der Waals surface area (Å²) < 4.78 is 48.9. The smallest absolute Gasteiger partial charge is 0.382 e. The van der Waals surface area contributed by atoms with Crippen LogP contribution < -0.4 is 5.32 Å². The second-order valence-electron chi connectivity index (χ2n) is 3.66. The van der Waals surface area contributed by atoms with E-state index in [0.29, 0.717) is 0 Å². The van der Waals surface area contributed by atoms with Gasteiger partial charge in [0.05, 0.1) is 6.54 Å². The Morgan fingerprint density at radius 2 is 2.00 bits per heavy atom. The normalized spacial score (nSPS) is 13.5. The van der Waals surface area contributed by atoms with Crippen molar-refractivity contribution in [2.75, 3.05) is 6.54 Å². The van der Waals surface area contributed by atoms with Gasteiger partial charge in [-0.25, -0.2) is 4.39 Å². The zero-order valence-corrected chi connectivity index (χ0v) is 9.62. The van der Waals surface area contributed by atoms with Gasteiger partial charge in [0.25, 0.3) is 0 Å². The molecule has 0 saturated carbocycles. The second kappa shape index (κ2) is 6.33. The van der Waals surface area contributed by atoms with Crippen LogP contribution in [0.15, 0.2) is 30.3 Å². The Bertz CT molecular complexity index is 471. The van der Waals surface area contributed by atoms with E-state index in [1.165, 1.54) is 18.2 Å². The minimum Gasteiger partial charge on any atom is -0.382 e. The number of benzene rings is 1. The summed E-state index contributed by atoms with van der Waals surface area (Å²) in [7, 11) is 0. The molecule has 0 saturated heterocycles.